The van der Waals surface area contributed by atoms with Gasteiger partial charge in [0.05, 0.1) is 0 Å². The van der Waals surface area contributed by atoms with Crippen LogP contribution in [0, 0.1) is 11.3 Å². The number of hydrogen-bond donors (Lipinski definition) is 1. The predicted octanol–water partition coefficient (Wildman–Crippen LogP) is 5.97. The summed E-state index contributed by atoms with van der Waals surface area (Å²) in [5.74, 6) is -4.23. The van der Waals surface area contributed by atoms with Crippen LogP contribution in [-0.4, -0.2) is 22.6 Å². The first kappa shape index (κ1) is 19.8. The molecule has 1 aromatic rings. The Labute approximate surface area is 165 Å². The van der Waals surface area contributed by atoms with E-state index in [1.165, 1.54) is 42.5 Å². The smallest absolute Gasteiger partial charge is 0.384 e. The fourth-order valence-electron chi connectivity index (χ4n) is 4.83. The third-order valence-electron chi connectivity index (χ3n) is 6.50. The van der Waals surface area contributed by atoms with E-state index in [1.54, 1.807) is 18.2 Å². The highest BCUT2D eigenvalue weighted by molar-refractivity contribution is 5.64. The summed E-state index contributed by atoms with van der Waals surface area (Å²) >= 11 is 0. The van der Waals surface area contributed by atoms with Crippen molar-refractivity contribution >= 4 is 6.08 Å². The average Bonchev–Trinajstić information content (AvgIpc) is 3.41. The summed E-state index contributed by atoms with van der Waals surface area (Å²) in [5.41, 5.74) is -8.71. The van der Waals surface area contributed by atoms with E-state index in [9.17, 15) is 22.7 Å². The van der Waals surface area contributed by atoms with Crippen molar-refractivity contribution < 1.29 is 27.1 Å². The molecule has 0 saturated heterocycles. The van der Waals surface area contributed by atoms with E-state index >= 15 is 4.39 Å². The number of aliphatic hydroxyl groups is 1. The Hall–Kier alpha value is -2.47. The van der Waals surface area contributed by atoms with E-state index in [-0.39, 0.29) is 0 Å². The maximum Gasteiger partial charge on any atom is 0.398 e. The van der Waals surface area contributed by atoms with Crippen LogP contribution in [0.15, 0.2) is 78.7 Å². The number of hydrogen-bond acceptors (Lipinski definition) is 1. The molecule has 4 rings (SSSR count). The molecular weight excluding hydrogens is 387 g/mol. The van der Waals surface area contributed by atoms with Crippen LogP contribution in [0.4, 0.5) is 22.0 Å². The zero-order valence-electron chi connectivity index (χ0n) is 15.5. The van der Waals surface area contributed by atoms with Crippen LogP contribution < -0.4 is 0 Å². The molecule has 1 aromatic carbocycles. The monoisotopic (exact) mass is 406 g/mol. The fraction of sp³-hybridized carbons (Fsp3) is 0.304. The summed E-state index contributed by atoms with van der Waals surface area (Å²) in [6, 6.07) is 6.44. The summed E-state index contributed by atoms with van der Waals surface area (Å²) in [7, 11) is 0. The van der Waals surface area contributed by atoms with Crippen LogP contribution in [0.3, 0.4) is 0 Å². The molecule has 1 nitrogen and oxygen atoms in total. The van der Waals surface area contributed by atoms with Gasteiger partial charge in [0.2, 0.25) is 5.67 Å². The van der Waals surface area contributed by atoms with E-state index < -0.39 is 40.5 Å². The number of halogens is 5. The summed E-state index contributed by atoms with van der Waals surface area (Å²) in [6.45, 7) is 0.783. The van der Waals surface area contributed by atoms with Crippen molar-refractivity contribution in [3.63, 3.8) is 0 Å². The summed E-state index contributed by atoms with van der Waals surface area (Å²) in [5, 5.41) is 11.7. The van der Waals surface area contributed by atoms with Gasteiger partial charge in [0.25, 0.3) is 0 Å². The van der Waals surface area contributed by atoms with E-state index in [0.717, 1.165) is 19.1 Å². The van der Waals surface area contributed by atoms with Crippen LogP contribution in [0.1, 0.15) is 24.0 Å². The molecule has 29 heavy (non-hydrogen) atoms. The molecule has 0 fully saturated rings. The van der Waals surface area contributed by atoms with Crippen molar-refractivity contribution in [1.29, 1.82) is 0 Å². The Kier molecular flexibility index (Phi) is 4.28. The number of rotatable bonds is 4. The Morgan fingerprint density at radius 2 is 1.66 bits per heavy atom. The zero-order chi connectivity index (χ0) is 21.1. The van der Waals surface area contributed by atoms with Crippen molar-refractivity contribution in [3.05, 3.63) is 89.8 Å². The number of fused-ring (bicyclic) bond motifs is 1. The van der Waals surface area contributed by atoms with Gasteiger partial charge in [-0.2, -0.15) is 13.2 Å². The van der Waals surface area contributed by atoms with E-state index in [2.05, 4.69) is 0 Å². The lowest BCUT2D eigenvalue weighted by atomic mass is 9.53. The van der Waals surface area contributed by atoms with Gasteiger partial charge in [-0.25, -0.2) is 8.78 Å². The molecule has 3 aliphatic rings. The molecule has 0 spiro atoms. The second-order valence-corrected chi connectivity index (χ2v) is 7.81. The molecular formula is C23H19F5O. The zero-order valence-corrected chi connectivity index (χ0v) is 15.5. The Morgan fingerprint density at radius 1 is 1.00 bits per heavy atom. The first-order valence-electron chi connectivity index (χ1n) is 9.23. The average molecular weight is 406 g/mol. The van der Waals surface area contributed by atoms with E-state index in [0.29, 0.717) is 17.2 Å². The first-order valence-corrected chi connectivity index (χ1v) is 9.23. The van der Waals surface area contributed by atoms with Gasteiger partial charge in [0.15, 0.2) is 0 Å². The SMILES string of the molecule is CC(C1C=Cc2ccccc21)(C(F)(F)F)C(O)(C1C=CC=C1)C1(F)C=CC=C1F. The van der Waals surface area contributed by atoms with Gasteiger partial charge in [0.1, 0.15) is 16.8 Å². The molecule has 0 aromatic heterocycles. The van der Waals surface area contributed by atoms with Crippen LogP contribution in [0.5, 0.6) is 0 Å². The number of benzene rings is 1. The molecule has 0 radical (unpaired) electrons. The Bertz CT molecular complexity index is 973. The van der Waals surface area contributed by atoms with Gasteiger partial charge in [0, 0.05) is 11.8 Å². The van der Waals surface area contributed by atoms with Gasteiger partial charge < -0.3 is 5.11 Å². The second kappa shape index (κ2) is 6.26. The highest BCUT2D eigenvalue weighted by Crippen LogP contribution is 2.65. The largest absolute Gasteiger partial charge is 0.398 e. The maximum absolute atomic E-state index is 16.1. The molecule has 4 unspecified atom stereocenters. The summed E-state index contributed by atoms with van der Waals surface area (Å²) < 4.78 is 75.1. The van der Waals surface area contributed by atoms with Gasteiger partial charge in [-0.3, -0.25) is 0 Å². The van der Waals surface area contributed by atoms with Gasteiger partial charge >= 0.3 is 6.18 Å². The Balaban J connectivity index is 2.01. The lowest BCUT2D eigenvalue weighted by Crippen LogP contribution is -2.69. The van der Waals surface area contributed by atoms with E-state index in [4.69, 9.17) is 0 Å². The normalized spacial score (nSPS) is 29.8. The predicted molar refractivity (Wildman–Crippen MR) is 101 cm³/mol. The highest BCUT2D eigenvalue weighted by atomic mass is 19.4. The fourth-order valence-corrected chi connectivity index (χ4v) is 4.83. The third-order valence-corrected chi connectivity index (χ3v) is 6.50. The van der Waals surface area contributed by atoms with Gasteiger partial charge in [-0.05, 0) is 30.2 Å². The second-order valence-electron chi connectivity index (χ2n) is 7.81. The third kappa shape index (κ3) is 2.41. The van der Waals surface area contributed by atoms with Crippen LogP contribution in [0.2, 0.25) is 0 Å². The topological polar surface area (TPSA) is 20.2 Å². The molecule has 0 aliphatic heterocycles. The van der Waals surface area contributed by atoms with Crippen molar-refractivity contribution in [2.75, 3.05) is 0 Å². The first-order chi connectivity index (χ1) is 13.6. The molecule has 4 atom stereocenters. The van der Waals surface area contributed by atoms with Crippen molar-refractivity contribution in [3.8, 4) is 0 Å². The summed E-state index contributed by atoms with van der Waals surface area (Å²) in [4.78, 5) is 0. The standard InChI is InChI=1S/C23H19F5O/c1-20(23(26,27)28,18-13-12-15-7-2-5-10-17(15)18)22(29,16-8-3-4-9-16)21(25)14-6-11-19(21)24/h2-14,16,18,29H,1H3. The minimum atomic E-state index is -5.06. The lowest BCUT2D eigenvalue weighted by Gasteiger charge is -2.55. The van der Waals surface area contributed by atoms with E-state index in [1.807, 2.05) is 0 Å². The number of alkyl halides is 4. The van der Waals surface area contributed by atoms with Crippen molar-refractivity contribution in [1.82, 2.24) is 0 Å². The highest BCUT2D eigenvalue weighted by Gasteiger charge is 2.76. The number of allylic oxidation sites excluding steroid dienone is 5. The molecule has 0 heterocycles. The molecule has 0 saturated carbocycles. The molecule has 0 amide bonds. The molecule has 152 valence electrons. The molecule has 0 bridgehead atoms. The molecule has 6 heteroatoms. The molecule has 1 N–H and O–H groups in total. The van der Waals surface area contributed by atoms with Crippen molar-refractivity contribution in [2.24, 2.45) is 11.3 Å². The van der Waals surface area contributed by atoms with Crippen molar-refractivity contribution in [2.45, 2.75) is 30.3 Å². The van der Waals surface area contributed by atoms with Crippen LogP contribution >= 0.6 is 0 Å². The lowest BCUT2D eigenvalue weighted by molar-refractivity contribution is -0.309. The summed E-state index contributed by atoms with van der Waals surface area (Å²) in [6.07, 6.45) is 5.60. The van der Waals surface area contributed by atoms with Crippen LogP contribution in [-0.2, 0) is 0 Å². The maximum atomic E-state index is 16.1. The molecule has 3 aliphatic carbocycles. The van der Waals surface area contributed by atoms with Gasteiger partial charge in [-0.1, -0.05) is 66.8 Å². The van der Waals surface area contributed by atoms with Crippen LogP contribution in [0.25, 0.3) is 6.08 Å². The minimum Gasteiger partial charge on any atom is -0.384 e. The Morgan fingerprint density at radius 3 is 2.24 bits per heavy atom. The quantitative estimate of drug-likeness (QED) is 0.611. The van der Waals surface area contributed by atoms with Gasteiger partial charge in [-0.15, -0.1) is 0 Å². The minimum absolute atomic E-state index is 0.312.